The summed E-state index contributed by atoms with van der Waals surface area (Å²) in [4.78, 5) is 15.0. The number of nitrogens with zero attached hydrogens (tertiary/aromatic N) is 3. The smallest absolute Gasteiger partial charge is 0.494 e. The van der Waals surface area contributed by atoms with Crippen LogP contribution in [-0.4, -0.2) is 362 Å². The maximum absolute atomic E-state index is 17.0. The summed E-state index contributed by atoms with van der Waals surface area (Å²) in [7, 11) is 2.64. The number of methoxy groups -OCH3 is 2. The highest BCUT2D eigenvalue weighted by molar-refractivity contribution is 6.62. The van der Waals surface area contributed by atoms with E-state index >= 15 is 8.78 Å². The molecule has 0 bridgehead atoms. The van der Waals surface area contributed by atoms with Crippen molar-refractivity contribution in [3.05, 3.63) is 106 Å². The third-order valence-electron chi connectivity index (χ3n) is 20.9. The number of benzene rings is 4. The Morgan fingerprint density at radius 1 is 0.352 bits per heavy atom. The van der Waals surface area contributed by atoms with E-state index in [0.29, 0.717) is 379 Å². The molecule has 0 spiro atoms. The number of azide groups is 1. The molecule has 1 fully saturated rings. The lowest BCUT2D eigenvalue weighted by Gasteiger charge is -2.33. The van der Waals surface area contributed by atoms with E-state index in [2.05, 4.69) is 33.5 Å². The SMILES string of the molecule is COCCOCCOCCOCCOCCOCCOCCOCCOCCOCCOCCOCCCC1(CCCOCCOCCOCCOCCOCCOCCOCCOCCOCCOCCOCCOC)c2cc(B3OC(C)(C)C(C)(C)O3)ccc2-c2ccc(-c3cc(F)c(-c4ccc(OCCCCNC(=O)CCCCCN=[N+]=[N-])cc4)cc3F)cc21. The summed E-state index contributed by atoms with van der Waals surface area (Å²) in [6.45, 7) is 30.7. The highest BCUT2D eigenvalue weighted by Crippen LogP contribution is 2.55. The zero-order valence-corrected chi connectivity index (χ0v) is 77.3. The van der Waals surface area contributed by atoms with Crippen molar-refractivity contribution in [1.82, 2.24) is 5.32 Å². The largest absolute Gasteiger partial charge is 0.494 e. The summed E-state index contributed by atoms with van der Waals surface area (Å²) in [6, 6.07) is 21.9. The molecule has 0 unspecified atom stereocenters. The molecule has 1 amide bonds. The van der Waals surface area contributed by atoms with Crippen LogP contribution in [-0.2, 0) is 133 Å². The molecule has 0 aromatic heterocycles. The Morgan fingerprint density at radius 3 is 1.01 bits per heavy atom. The van der Waals surface area contributed by atoms with Crippen molar-refractivity contribution in [1.29, 1.82) is 0 Å². The van der Waals surface area contributed by atoms with E-state index in [-0.39, 0.29) is 17.0 Å². The van der Waals surface area contributed by atoms with Gasteiger partial charge in [-0.1, -0.05) is 54.0 Å². The lowest BCUT2D eigenvalue weighted by atomic mass is 9.69. The number of carbonyl (C=O) groups is 1. The second-order valence-electron chi connectivity index (χ2n) is 30.9. The van der Waals surface area contributed by atoms with Crippen LogP contribution >= 0.6 is 0 Å². The van der Waals surface area contributed by atoms with Gasteiger partial charge in [0.2, 0.25) is 5.91 Å². The number of nitrogens with one attached hydrogen (secondary N) is 1. The van der Waals surface area contributed by atoms with Crippen molar-refractivity contribution in [3.63, 3.8) is 0 Å². The normalized spacial score (nSPS) is 13.7. The van der Waals surface area contributed by atoms with Crippen LogP contribution in [0.1, 0.15) is 103 Å². The lowest BCUT2D eigenvalue weighted by Crippen LogP contribution is -2.41. The Balaban J connectivity index is 0.919. The van der Waals surface area contributed by atoms with Crippen LogP contribution in [0.25, 0.3) is 43.8 Å². The maximum atomic E-state index is 17.0. The van der Waals surface area contributed by atoms with Gasteiger partial charge < -0.3 is 133 Å². The molecule has 1 heterocycles. The fourth-order valence-electron chi connectivity index (χ4n) is 13.5. The van der Waals surface area contributed by atoms with E-state index in [9.17, 15) is 4.79 Å². The number of amides is 1. The third-order valence-corrected chi connectivity index (χ3v) is 20.9. The maximum Gasteiger partial charge on any atom is 0.494 e. The second kappa shape index (κ2) is 72.8. The van der Waals surface area contributed by atoms with Gasteiger partial charge in [-0.25, -0.2) is 8.78 Å². The molecule has 4 aromatic carbocycles. The quantitative estimate of drug-likeness (QED) is 0.0141. The molecular formula is C93H149BF2N4O28. The summed E-state index contributed by atoms with van der Waals surface area (Å²) in [5.74, 6) is -0.561. The van der Waals surface area contributed by atoms with Gasteiger partial charge in [0.1, 0.15) is 17.4 Å². The summed E-state index contributed by atoms with van der Waals surface area (Å²) >= 11 is 0. The topological polar surface area (TPSA) is 327 Å². The van der Waals surface area contributed by atoms with E-state index in [0.717, 1.165) is 53.4 Å². The Hall–Kier alpha value is -5.66. The van der Waals surface area contributed by atoms with Gasteiger partial charge in [0.25, 0.3) is 0 Å². The molecule has 128 heavy (non-hydrogen) atoms. The standard InChI is InChI=1S/C93H149BF2N4O28/c1-91(2)92(3,4)128-94(127-91)80-18-22-83-82-21-17-79(85-77-88(95)84(76-89(85)96)78-15-19-81(20-16-78)126-29-11-10-25-98-90(101)14-8-7-9-26-99-100-97)74-86(82)93(87(83)75-80,23-12-27-104-34-36-108-42-44-112-50-52-116-58-60-120-66-68-124-72-70-122-64-62-118-56-54-114-48-46-110-40-38-106-32-30-102-5)24-13-28-105-35-37-109-43-45-113-51-53-117-59-61-121-67-69-125-73-71-123-65-63-119-57-55-115-49-47-111-41-39-107-33-31-103-6/h15-22,74-77H,7-14,23-73H2,1-6H3,(H,98,101). The first-order valence-electron chi connectivity index (χ1n) is 45.7. The second-order valence-corrected chi connectivity index (χ2v) is 30.9. The molecule has 1 saturated heterocycles. The number of unbranched alkanes of at least 4 members (excludes halogenated alkanes) is 3. The van der Waals surface area contributed by atoms with Crippen molar-refractivity contribution in [2.75, 3.05) is 338 Å². The van der Waals surface area contributed by atoms with Crippen molar-refractivity contribution >= 4 is 18.5 Å². The van der Waals surface area contributed by atoms with Gasteiger partial charge in [-0.2, -0.15) is 0 Å². The van der Waals surface area contributed by atoms with Crippen LogP contribution in [0.4, 0.5) is 8.78 Å². The first kappa shape index (κ1) is 111. The molecule has 2 aliphatic rings. The molecule has 1 N–H and O–H groups in total. The average Bonchev–Trinajstić information content (AvgIpc) is 1.56. The summed E-state index contributed by atoms with van der Waals surface area (Å²) in [5, 5.41) is 6.47. The van der Waals surface area contributed by atoms with Crippen molar-refractivity contribution < 1.29 is 141 Å². The number of ether oxygens (including phenoxy) is 25. The summed E-state index contributed by atoms with van der Waals surface area (Å²) < 4.78 is 187. The minimum Gasteiger partial charge on any atom is -0.494 e. The molecule has 0 atom stereocenters. The van der Waals surface area contributed by atoms with Gasteiger partial charge in [0.15, 0.2) is 0 Å². The molecule has 6 rings (SSSR count). The van der Waals surface area contributed by atoms with Gasteiger partial charge in [0.05, 0.1) is 309 Å². The molecule has 1 aliphatic carbocycles. The highest BCUT2D eigenvalue weighted by atomic mass is 19.1. The minimum atomic E-state index is -0.647. The van der Waals surface area contributed by atoms with Gasteiger partial charge in [-0.15, -0.1) is 0 Å². The van der Waals surface area contributed by atoms with Gasteiger partial charge in [0, 0.05) is 68.4 Å². The van der Waals surface area contributed by atoms with Crippen LogP contribution in [0.5, 0.6) is 5.75 Å². The van der Waals surface area contributed by atoms with E-state index < -0.39 is 35.4 Å². The Bertz CT molecular complexity index is 3380. The Labute approximate surface area is 758 Å². The van der Waals surface area contributed by atoms with Crippen molar-refractivity contribution in [2.45, 2.75) is 109 Å². The molecule has 1 aliphatic heterocycles. The van der Waals surface area contributed by atoms with Crippen LogP contribution in [0.2, 0.25) is 0 Å². The van der Waals surface area contributed by atoms with E-state index in [1.807, 2.05) is 45.9 Å². The fourth-order valence-corrected chi connectivity index (χ4v) is 13.5. The first-order valence-corrected chi connectivity index (χ1v) is 45.7. The van der Waals surface area contributed by atoms with Crippen molar-refractivity contribution in [2.24, 2.45) is 5.11 Å². The predicted octanol–water partition coefficient (Wildman–Crippen LogP) is 11.2. The number of hydrogen-bond donors (Lipinski definition) is 1. The highest BCUT2D eigenvalue weighted by Gasteiger charge is 2.53. The third kappa shape index (κ3) is 48.3. The van der Waals surface area contributed by atoms with Crippen molar-refractivity contribution in [3.8, 4) is 39.1 Å². The van der Waals surface area contributed by atoms with Crippen LogP contribution in [0, 0.1) is 11.6 Å². The Kier molecular flexibility index (Phi) is 63.2. The zero-order chi connectivity index (χ0) is 91.0. The number of hydrogen-bond acceptors (Lipinski definition) is 29. The van der Waals surface area contributed by atoms with Gasteiger partial charge in [-0.3, -0.25) is 4.79 Å². The van der Waals surface area contributed by atoms with Crippen LogP contribution in [0.15, 0.2) is 77.9 Å². The zero-order valence-electron chi connectivity index (χ0n) is 77.3. The molecule has 726 valence electrons. The molecule has 35 heteroatoms. The predicted molar refractivity (Wildman–Crippen MR) is 480 cm³/mol. The lowest BCUT2D eigenvalue weighted by molar-refractivity contribution is -0.121. The summed E-state index contributed by atoms with van der Waals surface area (Å²) in [5.41, 5.74) is 12.9. The number of fused-ring (bicyclic) bond motifs is 3. The fraction of sp³-hybridized carbons (Fsp3) is 0.731. The van der Waals surface area contributed by atoms with E-state index in [4.69, 9.17) is 133 Å². The molecule has 32 nitrogen and oxygen atoms in total. The monoisotopic (exact) mass is 1820 g/mol. The van der Waals surface area contributed by atoms with E-state index in [1.165, 1.54) is 12.1 Å². The van der Waals surface area contributed by atoms with E-state index in [1.54, 1.807) is 38.5 Å². The summed E-state index contributed by atoms with van der Waals surface area (Å²) in [6.07, 6.45) is 6.77. The molecular weight excluding hydrogens is 1670 g/mol. The van der Waals surface area contributed by atoms with Gasteiger partial charge >= 0.3 is 7.12 Å². The minimum absolute atomic E-state index is 0.00936. The molecule has 0 saturated carbocycles. The Morgan fingerprint density at radius 2 is 0.664 bits per heavy atom. The van der Waals surface area contributed by atoms with Crippen LogP contribution < -0.4 is 15.5 Å². The number of carbonyl (C=O) groups excluding carboxylic acids is 1. The molecule has 0 radical (unpaired) electrons. The van der Waals surface area contributed by atoms with Crippen LogP contribution in [0.3, 0.4) is 0 Å². The number of halogens is 2. The number of rotatable bonds is 89. The average molecular weight is 1820 g/mol. The molecule has 4 aromatic rings. The first-order chi connectivity index (χ1) is 62.8. The van der Waals surface area contributed by atoms with Gasteiger partial charge in [-0.05, 0) is 154 Å².